The molecule has 1 fully saturated rings. The third kappa shape index (κ3) is 7.87. The van der Waals surface area contributed by atoms with Crippen LogP contribution in [0, 0.1) is 0 Å². The molecule has 1 unspecified atom stereocenters. The Morgan fingerprint density at radius 2 is 2.10 bits per heavy atom. The number of nitrogens with zero attached hydrogens (tertiary/aromatic N) is 2. The second-order valence-electron chi connectivity index (χ2n) is 6.36. The Morgan fingerprint density at radius 3 is 2.67 bits per heavy atom. The number of guanidine groups is 1. The van der Waals surface area contributed by atoms with Gasteiger partial charge in [0.1, 0.15) is 0 Å². The summed E-state index contributed by atoms with van der Waals surface area (Å²) in [6, 6.07) is 0. The van der Waals surface area contributed by atoms with Crippen molar-refractivity contribution in [3.63, 3.8) is 0 Å². The van der Waals surface area contributed by atoms with Crippen LogP contribution in [0.15, 0.2) is 4.99 Å². The number of hydrogen-bond donors (Lipinski definition) is 3. The fourth-order valence-electron chi connectivity index (χ4n) is 2.05. The standard InChI is InChI=1S/C14H29N5O2/c1-14(2,3)18-12(20)9-17-13(15-4)16-8-11-10-19(5)6-7-21-11/h11H,6-10H2,1-5H3,(H,18,20)(H2,15,16,17). The largest absolute Gasteiger partial charge is 0.374 e. The average molecular weight is 299 g/mol. The van der Waals surface area contributed by atoms with Crippen LogP contribution >= 0.6 is 0 Å². The van der Waals surface area contributed by atoms with Crippen molar-refractivity contribution in [2.45, 2.75) is 32.4 Å². The minimum absolute atomic E-state index is 0.0564. The van der Waals surface area contributed by atoms with E-state index in [9.17, 15) is 4.79 Å². The summed E-state index contributed by atoms with van der Waals surface area (Å²) >= 11 is 0. The van der Waals surface area contributed by atoms with Crippen LogP contribution in [0.25, 0.3) is 0 Å². The number of carbonyl (C=O) groups is 1. The fourth-order valence-corrected chi connectivity index (χ4v) is 2.05. The van der Waals surface area contributed by atoms with Crippen LogP contribution in [-0.4, -0.2) is 75.3 Å². The van der Waals surface area contributed by atoms with Gasteiger partial charge in [0.2, 0.25) is 5.91 Å². The molecule has 1 aliphatic rings. The van der Waals surface area contributed by atoms with Crippen LogP contribution in [0.4, 0.5) is 0 Å². The molecular formula is C14H29N5O2. The van der Waals surface area contributed by atoms with Crippen LogP contribution in [-0.2, 0) is 9.53 Å². The van der Waals surface area contributed by atoms with Gasteiger partial charge in [-0.25, -0.2) is 0 Å². The number of morpholine rings is 1. The molecule has 0 aromatic heterocycles. The molecule has 122 valence electrons. The molecule has 0 spiro atoms. The molecule has 1 atom stereocenters. The molecule has 0 radical (unpaired) electrons. The Morgan fingerprint density at radius 1 is 1.38 bits per heavy atom. The van der Waals surface area contributed by atoms with E-state index in [1.165, 1.54) is 0 Å². The first-order valence-corrected chi connectivity index (χ1v) is 7.36. The Bertz CT molecular complexity index is 365. The molecule has 0 aromatic carbocycles. The van der Waals surface area contributed by atoms with Crippen molar-refractivity contribution in [2.24, 2.45) is 4.99 Å². The number of amides is 1. The minimum atomic E-state index is -0.226. The minimum Gasteiger partial charge on any atom is -0.374 e. The molecule has 0 bridgehead atoms. The number of likely N-dealkylation sites (N-methyl/N-ethyl adjacent to an activating group) is 1. The first-order chi connectivity index (χ1) is 9.80. The van der Waals surface area contributed by atoms with Gasteiger partial charge in [0.05, 0.1) is 19.3 Å². The lowest BCUT2D eigenvalue weighted by Gasteiger charge is -2.30. The lowest BCUT2D eigenvalue weighted by molar-refractivity contribution is -0.121. The van der Waals surface area contributed by atoms with Gasteiger partial charge in [-0.3, -0.25) is 9.79 Å². The Hall–Kier alpha value is -1.34. The lowest BCUT2D eigenvalue weighted by atomic mass is 10.1. The maximum absolute atomic E-state index is 11.7. The van der Waals surface area contributed by atoms with Gasteiger partial charge in [-0.1, -0.05) is 0 Å². The van der Waals surface area contributed by atoms with E-state index in [2.05, 4.69) is 32.9 Å². The van der Waals surface area contributed by atoms with E-state index in [0.29, 0.717) is 12.5 Å². The van der Waals surface area contributed by atoms with Crippen molar-refractivity contribution in [2.75, 3.05) is 46.9 Å². The summed E-state index contributed by atoms with van der Waals surface area (Å²) in [4.78, 5) is 18.1. The molecule has 1 heterocycles. The van der Waals surface area contributed by atoms with Crippen molar-refractivity contribution >= 4 is 11.9 Å². The smallest absolute Gasteiger partial charge is 0.239 e. The van der Waals surface area contributed by atoms with Crippen molar-refractivity contribution in [3.05, 3.63) is 0 Å². The third-order valence-corrected chi connectivity index (χ3v) is 2.99. The van der Waals surface area contributed by atoms with Crippen molar-refractivity contribution in [3.8, 4) is 0 Å². The van der Waals surface area contributed by atoms with Crippen LogP contribution in [0.2, 0.25) is 0 Å². The summed E-state index contributed by atoms with van der Waals surface area (Å²) in [7, 11) is 3.77. The zero-order chi connectivity index (χ0) is 15.9. The zero-order valence-electron chi connectivity index (χ0n) is 13.8. The van der Waals surface area contributed by atoms with E-state index in [4.69, 9.17) is 4.74 Å². The molecule has 21 heavy (non-hydrogen) atoms. The fraction of sp³-hybridized carbons (Fsp3) is 0.857. The SMILES string of the molecule is CN=C(NCC(=O)NC(C)(C)C)NCC1CN(C)CCO1. The van der Waals surface area contributed by atoms with Gasteiger partial charge in [0.15, 0.2) is 5.96 Å². The monoisotopic (exact) mass is 299 g/mol. The summed E-state index contributed by atoms with van der Waals surface area (Å²) in [5.41, 5.74) is -0.226. The van der Waals surface area contributed by atoms with Gasteiger partial charge < -0.3 is 25.6 Å². The summed E-state index contributed by atoms with van der Waals surface area (Å²) in [6.45, 7) is 9.35. The van der Waals surface area contributed by atoms with E-state index >= 15 is 0 Å². The molecule has 1 rings (SSSR count). The highest BCUT2D eigenvalue weighted by atomic mass is 16.5. The first kappa shape index (κ1) is 17.7. The molecule has 0 saturated carbocycles. The third-order valence-electron chi connectivity index (χ3n) is 2.99. The topological polar surface area (TPSA) is 78.0 Å². The lowest BCUT2D eigenvalue weighted by Crippen LogP contribution is -2.51. The van der Waals surface area contributed by atoms with Crippen LogP contribution in [0.3, 0.4) is 0 Å². The highest BCUT2D eigenvalue weighted by Gasteiger charge is 2.18. The van der Waals surface area contributed by atoms with Gasteiger partial charge in [0, 0.05) is 32.2 Å². The summed E-state index contributed by atoms with van der Waals surface area (Å²) in [5, 5.41) is 9.08. The highest BCUT2D eigenvalue weighted by Crippen LogP contribution is 2.01. The predicted octanol–water partition coefficient (Wildman–Crippen LogP) is -0.603. The maximum Gasteiger partial charge on any atom is 0.239 e. The van der Waals surface area contributed by atoms with Gasteiger partial charge in [-0.15, -0.1) is 0 Å². The predicted molar refractivity (Wildman–Crippen MR) is 84.5 cm³/mol. The first-order valence-electron chi connectivity index (χ1n) is 7.36. The van der Waals surface area contributed by atoms with Gasteiger partial charge >= 0.3 is 0 Å². The number of carbonyl (C=O) groups excluding carboxylic acids is 1. The average Bonchev–Trinajstić information content (AvgIpc) is 2.37. The van der Waals surface area contributed by atoms with E-state index in [1.54, 1.807) is 7.05 Å². The molecule has 3 N–H and O–H groups in total. The van der Waals surface area contributed by atoms with Crippen LogP contribution < -0.4 is 16.0 Å². The van der Waals surface area contributed by atoms with Crippen LogP contribution in [0.5, 0.6) is 0 Å². The summed E-state index contributed by atoms with van der Waals surface area (Å²) in [6.07, 6.45) is 0.144. The molecule has 0 aliphatic carbocycles. The Balaban J connectivity index is 2.27. The quantitative estimate of drug-likeness (QED) is 0.477. The molecule has 0 aromatic rings. The number of ether oxygens (including phenoxy) is 1. The molecule has 1 aliphatic heterocycles. The van der Waals surface area contributed by atoms with E-state index in [-0.39, 0.29) is 24.1 Å². The second kappa shape index (κ2) is 8.19. The highest BCUT2D eigenvalue weighted by molar-refractivity contribution is 5.86. The summed E-state index contributed by atoms with van der Waals surface area (Å²) < 4.78 is 5.67. The Labute approximate surface area is 127 Å². The number of rotatable bonds is 4. The van der Waals surface area contributed by atoms with Crippen molar-refractivity contribution in [1.29, 1.82) is 0 Å². The van der Waals surface area contributed by atoms with Crippen LogP contribution in [0.1, 0.15) is 20.8 Å². The van der Waals surface area contributed by atoms with Crippen molar-refractivity contribution in [1.82, 2.24) is 20.9 Å². The number of nitrogens with one attached hydrogen (secondary N) is 3. The number of hydrogen-bond acceptors (Lipinski definition) is 4. The van der Waals surface area contributed by atoms with Crippen molar-refractivity contribution < 1.29 is 9.53 Å². The van der Waals surface area contributed by atoms with Gasteiger partial charge in [-0.05, 0) is 27.8 Å². The van der Waals surface area contributed by atoms with E-state index < -0.39 is 0 Å². The molecule has 1 amide bonds. The molecule has 7 nitrogen and oxygen atoms in total. The van der Waals surface area contributed by atoms with Gasteiger partial charge in [0.25, 0.3) is 0 Å². The zero-order valence-corrected chi connectivity index (χ0v) is 13.8. The second-order valence-corrected chi connectivity index (χ2v) is 6.36. The summed E-state index contributed by atoms with van der Waals surface area (Å²) in [5.74, 6) is 0.551. The molecule has 1 saturated heterocycles. The molecular weight excluding hydrogens is 270 g/mol. The van der Waals surface area contributed by atoms with E-state index in [0.717, 1.165) is 19.7 Å². The maximum atomic E-state index is 11.7. The van der Waals surface area contributed by atoms with E-state index in [1.807, 2.05) is 20.8 Å². The normalized spacial score (nSPS) is 21.0. The Kier molecular flexibility index (Phi) is 6.91. The molecule has 7 heteroatoms. The number of aliphatic imine (C=N–C) groups is 1. The van der Waals surface area contributed by atoms with Gasteiger partial charge in [-0.2, -0.15) is 0 Å².